The molecule has 0 aliphatic rings. The van der Waals surface area contributed by atoms with Gasteiger partial charge in [-0.05, 0) is 19.1 Å². The normalized spacial score (nSPS) is 10.6. The van der Waals surface area contributed by atoms with Gasteiger partial charge >= 0.3 is 6.03 Å². The SMILES string of the molecule is Cc1cc2cc([N+](=O)[O-])ccc2n1C(N)=O. The Balaban J connectivity index is 2.75. The number of aromatic nitrogens is 1. The topological polar surface area (TPSA) is 91.2 Å². The van der Waals surface area contributed by atoms with E-state index in [4.69, 9.17) is 5.73 Å². The summed E-state index contributed by atoms with van der Waals surface area (Å²) in [4.78, 5) is 21.3. The van der Waals surface area contributed by atoms with Crippen molar-refractivity contribution in [3.63, 3.8) is 0 Å². The van der Waals surface area contributed by atoms with Crippen LogP contribution in [0.15, 0.2) is 24.3 Å². The second kappa shape index (κ2) is 3.34. The fraction of sp³-hybridized carbons (Fsp3) is 0.100. The van der Waals surface area contributed by atoms with Gasteiger partial charge in [0.05, 0.1) is 10.4 Å². The van der Waals surface area contributed by atoms with Gasteiger partial charge in [0.2, 0.25) is 0 Å². The second-order valence-corrected chi connectivity index (χ2v) is 3.46. The third-order valence-electron chi connectivity index (χ3n) is 2.40. The molecule has 0 radical (unpaired) electrons. The predicted octanol–water partition coefficient (Wildman–Crippen LogP) is 1.78. The number of hydrogen-bond acceptors (Lipinski definition) is 3. The number of nitro benzene ring substituents is 1. The summed E-state index contributed by atoms with van der Waals surface area (Å²) in [6.45, 7) is 1.72. The number of nitro groups is 1. The third kappa shape index (κ3) is 1.40. The van der Waals surface area contributed by atoms with E-state index in [1.165, 1.54) is 22.8 Å². The zero-order valence-corrected chi connectivity index (χ0v) is 8.51. The minimum atomic E-state index is -0.596. The summed E-state index contributed by atoms with van der Waals surface area (Å²) in [5, 5.41) is 11.2. The van der Waals surface area contributed by atoms with Crippen molar-refractivity contribution in [3.05, 3.63) is 40.1 Å². The lowest BCUT2D eigenvalue weighted by Crippen LogP contribution is -2.20. The molecule has 0 saturated carbocycles. The average Bonchev–Trinajstić information content (AvgIpc) is 2.51. The first kappa shape index (κ1) is 10.2. The van der Waals surface area contributed by atoms with Crippen molar-refractivity contribution in [2.45, 2.75) is 6.92 Å². The maximum Gasteiger partial charge on any atom is 0.323 e. The van der Waals surface area contributed by atoms with Crippen LogP contribution in [0, 0.1) is 17.0 Å². The number of carbonyl (C=O) groups excluding carboxylic acids is 1. The van der Waals surface area contributed by atoms with Crippen LogP contribution in [0.4, 0.5) is 10.5 Å². The molecule has 2 N–H and O–H groups in total. The average molecular weight is 219 g/mol. The fourth-order valence-corrected chi connectivity index (χ4v) is 1.75. The molecule has 1 aromatic heterocycles. The Morgan fingerprint density at radius 2 is 2.12 bits per heavy atom. The molecule has 16 heavy (non-hydrogen) atoms. The molecule has 2 aromatic rings. The van der Waals surface area contributed by atoms with E-state index in [2.05, 4.69) is 0 Å². The Bertz CT molecular complexity index is 601. The highest BCUT2D eigenvalue weighted by Crippen LogP contribution is 2.23. The van der Waals surface area contributed by atoms with Crippen LogP contribution in [0.25, 0.3) is 10.9 Å². The molecule has 1 heterocycles. The largest absolute Gasteiger partial charge is 0.351 e. The molecule has 0 spiro atoms. The van der Waals surface area contributed by atoms with Crippen molar-refractivity contribution in [3.8, 4) is 0 Å². The molecule has 82 valence electrons. The molecule has 0 fully saturated rings. The first-order chi connectivity index (χ1) is 7.50. The summed E-state index contributed by atoms with van der Waals surface area (Å²) in [6, 6.07) is 5.38. The van der Waals surface area contributed by atoms with E-state index in [1.807, 2.05) is 0 Å². The van der Waals surface area contributed by atoms with E-state index in [9.17, 15) is 14.9 Å². The van der Waals surface area contributed by atoms with Crippen LogP contribution in [-0.2, 0) is 0 Å². The van der Waals surface area contributed by atoms with E-state index in [0.29, 0.717) is 16.6 Å². The van der Waals surface area contributed by atoms with Gasteiger partial charge in [-0.1, -0.05) is 0 Å². The van der Waals surface area contributed by atoms with Gasteiger partial charge in [0, 0.05) is 23.2 Å². The molecule has 6 heteroatoms. The van der Waals surface area contributed by atoms with Crippen molar-refractivity contribution >= 4 is 22.6 Å². The Kier molecular flexibility index (Phi) is 2.12. The molecular weight excluding hydrogens is 210 g/mol. The lowest BCUT2D eigenvalue weighted by Gasteiger charge is -2.01. The number of carbonyl (C=O) groups is 1. The van der Waals surface area contributed by atoms with Crippen molar-refractivity contribution in [1.82, 2.24) is 4.57 Å². The Labute approximate surface area is 90.4 Å². The monoisotopic (exact) mass is 219 g/mol. The molecule has 2 rings (SSSR count). The summed E-state index contributed by atoms with van der Waals surface area (Å²) in [7, 11) is 0. The van der Waals surface area contributed by atoms with Crippen LogP contribution in [0.5, 0.6) is 0 Å². The summed E-state index contributed by atoms with van der Waals surface area (Å²) < 4.78 is 1.32. The van der Waals surface area contributed by atoms with Crippen LogP contribution >= 0.6 is 0 Å². The lowest BCUT2D eigenvalue weighted by molar-refractivity contribution is -0.384. The molecule has 0 atom stereocenters. The summed E-state index contributed by atoms with van der Waals surface area (Å²) in [6.07, 6.45) is 0. The molecule has 0 bridgehead atoms. The minimum absolute atomic E-state index is 0.00544. The highest BCUT2D eigenvalue weighted by Gasteiger charge is 2.13. The van der Waals surface area contributed by atoms with E-state index in [-0.39, 0.29) is 5.69 Å². The highest BCUT2D eigenvalue weighted by molar-refractivity contribution is 5.93. The molecule has 0 aliphatic carbocycles. The maximum atomic E-state index is 11.2. The van der Waals surface area contributed by atoms with Gasteiger partial charge in [0.25, 0.3) is 5.69 Å². The lowest BCUT2D eigenvalue weighted by atomic mass is 10.2. The number of amides is 1. The van der Waals surface area contributed by atoms with E-state index in [0.717, 1.165) is 0 Å². The molecule has 0 saturated heterocycles. The van der Waals surface area contributed by atoms with Gasteiger partial charge in [-0.2, -0.15) is 0 Å². The first-order valence-corrected chi connectivity index (χ1v) is 4.57. The summed E-state index contributed by atoms with van der Waals surface area (Å²) in [5.41, 5.74) is 6.44. The summed E-state index contributed by atoms with van der Waals surface area (Å²) >= 11 is 0. The number of fused-ring (bicyclic) bond motifs is 1. The molecule has 1 amide bonds. The van der Waals surface area contributed by atoms with E-state index < -0.39 is 11.0 Å². The maximum absolute atomic E-state index is 11.2. The standard InChI is InChI=1S/C10H9N3O3/c1-6-4-7-5-8(13(15)16)2-3-9(7)12(6)10(11)14/h2-5H,1H3,(H2,11,14). The van der Waals surface area contributed by atoms with Crippen molar-refractivity contribution in [2.24, 2.45) is 5.73 Å². The summed E-state index contributed by atoms with van der Waals surface area (Å²) in [5.74, 6) is 0. The second-order valence-electron chi connectivity index (χ2n) is 3.46. The molecule has 0 unspecified atom stereocenters. The Morgan fingerprint density at radius 3 is 2.69 bits per heavy atom. The van der Waals surface area contributed by atoms with Gasteiger partial charge in [-0.25, -0.2) is 4.79 Å². The van der Waals surface area contributed by atoms with Crippen molar-refractivity contribution in [2.75, 3.05) is 0 Å². The fourth-order valence-electron chi connectivity index (χ4n) is 1.75. The highest BCUT2D eigenvalue weighted by atomic mass is 16.6. The smallest absolute Gasteiger partial charge is 0.323 e. The quantitative estimate of drug-likeness (QED) is 0.585. The van der Waals surface area contributed by atoms with Crippen molar-refractivity contribution in [1.29, 1.82) is 0 Å². The molecule has 0 aliphatic heterocycles. The number of nitrogens with two attached hydrogens (primary N) is 1. The van der Waals surface area contributed by atoms with Gasteiger partial charge < -0.3 is 5.73 Å². The number of nitrogens with zero attached hydrogens (tertiary/aromatic N) is 2. The van der Waals surface area contributed by atoms with Gasteiger partial charge in [0.15, 0.2) is 0 Å². The number of non-ortho nitro benzene ring substituents is 1. The Morgan fingerprint density at radius 1 is 1.44 bits per heavy atom. The zero-order chi connectivity index (χ0) is 11.9. The molecule has 1 aromatic carbocycles. The Hall–Kier alpha value is -2.37. The number of benzene rings is 1. The first-order valence-electron chi connectivity index (χ1n) is 4.57. The molecular formula is C10H9N3O3. The number of rotatable bonds is 1. The predicted molar refractivity (Wildman–Crippen MR) is 58.3 cm³/mol. The third-order valence-corrected chi connectivity index (χ3v) is 2.40. The number of hydrogen-bond donors (Lipinski definition) is 1. The number of primary amides is 1. The van der Waals surface area contributed by atoms with E-state index >= 15 is 0 Å². The van der Waals surface area contributed by atoms with Crippen LogP contribution < -0.4 is 5.73 Å². The van der Waals surface area contributed by atoms with Gasteiger partial charge in [-0.15, -0.1) is 0 Å². The zero-order valence-electron chi connectivity index (χ0n) is 8.51. The van der Waals surface area contributed by atoms with Crippen LogP contribution in [-0.4, -0.2) is 15.5 Å². The van der Waals surface area contributed by atoms with Crippen LogP contribution in [0.2, 0.25) is 0 Å². The van der Waals surface area contributed by atoms with Crippen LogP contribution in [0.3, 0.4) is 0 Å². The van der Waals surface area contributed by atoms with Gasteiger partial charge in [-0.3, -0.25) is 14.7 Å². The molecule has 6 nitrogen and oxygen atoms in total. The minimum Gasteiger partial charge on any atom is -0.351 e. The number of aryl methyl sites for hydroxylation is 1. The van der Waals surface area contributed by atoms with E-state index in [1.54, 1.807) is 13.0 Å². The van der Waals surface area contributed by atoms with Gasteiger partial charge in [0.1, 0.15) is 0 Å². The van der Waals surface area contributed by atoms with Crippen LogP contribution in [0.1, 0.15) is 5.69 Å². The van der Waals surface area contributed by atoms with Crippen molar-refractivity contribution < 1.29 is 9.72 Å².